The number of anilines is 1. The second-order valence-electron chi connectivity index (χ2n) is 6.42. The van der Waals surface area contributed by atoms with Crippen molar-refractivity contribution < 1.29 is 9.53 Å². The monoisotopic (exact) mass is 362 g/mol. The van der Waals surface area contributed by atoms with Crippen molar-refractivity contribution in [2.45, 2.75) is 39.5 Å². The highest BCUT2D eigenvalue weighted by molar-refractivity contribution is 6.09. The van der Waals surface area contributed by atoms with Crippen LogP contribution < -0.4 is 10.1 Å². The fourth-order valence-corrected chi connectivity index (χ4v) is 2.60. The van der Waals surface area contributed by atoms with Crippen LogP contribution in [0.25, 0.3) is 6.08 Å². The Bertz CT molecular complexity index is 817. The lowest BCUT2D eigenvalue weighted by atomic mass is 10.1. The molecule has 0 aliphatic rings. The molecule has 2 aromatic carbocycles. The van der Waals surface area contributed by atoms with E-state index in [0.29, 0.717) is 12.3 Å². The van der Waals surface area contributed by atoms with Gasteiger partial charge in [0.1, 0.15) is 17.4 Å². The first-order valence-electron chi connectivity index (χ1n) is 9.35. The van der Waals surface area contributed by atoms with E-state index in [1.807, 2.05) is 61.5 Å². The lowest BCUT2D eigenvalue weighted by molar-refractivity contribution is -0.112. The van der Waals surface area contributed by atoms with Crippen LogP contribution in [0.15, 0.2) is 54.1 Å². The molecule has 0 aromatic heterocycles. The number of benzene rings is 2. The number of ether oxygens (including phenoxy) is 1. The average molecular weight is 362 g/mol. The standard InChI is InChI=1S/C23H26N2O2/c1-3-4-5-8-15-27-21-13-11-19(12-14-21)16-20(17-24)23(26)25-22-10-7-6-9-18(22)2/h6-7,9-14,16H,3-5,8,15H2,1-2H3,(H,25,26)/b20-16+. The Morgan fingerprint density at radius 1 is 1.11 bits per heavy atom. The lowest BCUT2D eigenvalue weighted by Crippen LogP contribution is -2.14. The van der Waals surface area contributed by atoms with Gasteiger partial charge in [0.25, 0.3) is 5.91 Å². The summed E-state index contributed by atoms with van der Waals surface area (Å²) in [5.41, 5.74) is 2.50. The zero-order chi connectivity index (χ0) is 19.5. The molecule has 0 heterocycles. The first kappa shape index (κ1) is 20.3. The van der Waals surface area contributed by atoms with E-state index in [2.05, 4.69) is 12.2 Å². The van der Waals surface area contributed by atoms with Crippen LogP contribution in [-0.2, 0) is 4.79 Å². The van der Waals surface area contributed by atoms with Gasteiger partial charge in [-0.15, -0.1) is 0 Å². The summed E-state index contributed by atoms with van der Waals surface area (Å²) in [5.74, 6) is 0.384. The molecule has 2 aromatic rings. The number of carbonyl (C=O) groups excluding carboxylic acids is 1. The highest BCUT2D eigenvalue weighted by atomic mass is 16.5. The fourth-order valence-electron chi connectivity index (χ4n) is 2.60. The van der Waals surface area contributed by atoms with Crippen molar-refractivity contribution in [3.05, 3.63) is 65.2 Å². The number of para-hydroxylation sites is 1. The van der Waals surface area contributed by atoms with Gasteiger partial charge in [-0.3, -0.25) is 4.79 Å². The zero-order valence-corrected chi connectivity index (χ0v) is 16.0. The Labute approximate surface area is 161 Å². The van der Waals surface area contributed by atoms with Crippen LogP contribution in [0.1, 0.15) is 43.7 Å². The minimum absolute atomic E-state index is 0.0616. The summed E-state index contributed by atoms with van der Waals surface area (Å²) in [6.07, 6.45) is 6.25. The summed E-state index contributed by atoms with van der Waals surface area (Å²) >= 11 is 0. The number of nitrogens with one attached hydrogen (secondary N) is 1. The average Bonchev–Trinajstić information content (AvgIpc) is 2.68. The van der Waals surface area contributed by atoms with Crippen LogP contribution in [0.2, 0.25) is 0 Å². The first-order valence-corrected chi connectivity index (χ1v) is 9.35. The van der Waals surface area contributed by atoms with Gasteiger partial charge in [-0.25, -0.2) is 0 Å². The van der Waals surface area contributed by atoms with Crippen LogP contribution in [0, 0.1) is 18.3 Å². The molecule has 0 aliphatic carbocycles. The largest absolute Gasteiger partial charge is 0.494 e. The second-order valence-corrected chi connectivity index (χ2v) is 6.42. The van der Waals surface area contributed by atoms with Gasteiger partial charge in [-0.05, 0) is 48.7 Å². The molecule has 0 saturated carbocycles. The molecule has 1 amide bonds. The van der Waals surface area contributed by atoms with Gasteiger partial charge in [-0.1, -0.05) is 56.5 Å². The molecular weight excluding hydrogens is 336 g/mol. The Kier molecular flexibility index (Phi) is 8.12. The van der Waals surface area contributed by atoms with E-state index in [4.69, 9.17) is 4.74 Å². The molecule has 2 rings (SSSR count). The minimum Gasteiger partial charge on any atom is -0.494 e. The maximum absolute atomic E-state index is 12.4. The van der Waals surface area contributed by atoms with Crippen LogP contribution in [0.3, 0.4) is 0 Å². The Morgan fingerprint density at radius 3 is 2.52 bits per heavy atom. The summed E-state index contributed by atoms with van der Waals surface area (Å²) in [4.78, 5) is 12.4. The number of aryl methyl sites for hydroxylation is 1. The summed E-state index contributed by atoms with van der Waals surface area (Å²) < 4.78 is 5.71. The molecule has 4 nitrogen and oxygen atoms in total. The molecule has 0 spiro atoms. The third-order valence-electron chi connectivity index (χ3n) is 4.22. The molecule has 4 heteroatoms. The maximum atomic E-state index is 12.4. The predicted octanol–water partition coefficient (Wildman–Crippen LogP) is 5.50. The molecule has 0 radical (unpaired) electrons. The Morgan fingerprint density at radius 2 is 1.85 bits per heavy atom. The lowest BCUT2D eigenvalue weighted by Gasteiger charge is -2.08. The van der Waals surface area contributed by atoms with Gasteiger partial charge in [-0.2, -0.15) is 5.26 Å². The highest BCUT2D eigenvalue weighted by Crippen LogP contribution is 2.17. The third kappa shape index (κ3) is 6.63. The number of nitriles is 1. The van der Waals surface area contributed by atoms with Gasteiger partial charge in [0.15, 0.2) is 0 Å². The number of nitrogens with zero attached hydrogens (tertiary/aromatic N) is 1. The Balaban J connectivity index is 1.97. The van der Waals surface area contributed by atoms with Crippen LogP contribution in [-0.4, -0.2) is 12.5 Å². The summed E-state index contributed by atoms with van der Waals surface area (Å²) in [7, 11) is 0. The zero-order valence-electron chi connectivity index (χ0n) is 16.0. The van der Waals surface area contributed by atoms with E-state index in [-0.39, 0.29) is 5.57 Å². The summed E-state index contributed by atoms with van der Waals surface area (Å²) in [6, 6.07) is 16.9. The van der Waals surface area contributed by atoms with E-state index in [0.717, 1.165) is 23.3 Å². The van der Waals surface area contributed by atoms with Gasteiger partial charge in [0, 0.05) is 5.69 Å². The van der Waals surface area contributed by atoms with Crippen molar-refractivity contribution in [2.24, 2.45) is 0 Å². The first-order chi connectivity index (χ1) is 13.1. The molecular formula is C23H26N2O2. The number of unbranched alkanes of at least 4 members (excludes halogenated alkanes) is 3. The molecule has 0 fully saturated rings. The maximum Gasteiger partial charge on any atom is 0.266 e. The number of rotatable bonds is 9. The number of carbonyl (C=O) groups is 1. The molecule has 0 aliphatic heterocycles. The predicted molar refractivity (Wildman–Crippen MR) is 109 cm³/mol. The van der Waals surface area contributed by atoms with Crippen molar-refractivity contribution in [1.29, 1.82) is 5.26 Å². The van der Waals surface area contributed by atoms with E-state index in [9.17, 15) is 10.1 Å². The van der Waals surface area contributed by atoms with Crippen molar-refractivity contribution in [1.82, 2.24) is 0 Å². The van der Waals surface area contributed by atoms with Gasteiger partial charge in [0.05, 0.1) is 6.61 Å². The fraction of sp³-hybridized carbons (Fsp3) is 0.304. The van der Waals surface area contributed by atoms with E-state index < -0.39 is 5.91 Å². The highest BCUT2D eigenvalue weighted by Gasteiger charge is 2.10. The molecule has 0 unspecified atom stereocenters. The second kappa shape index (κ2) is 10.8. The van der Waals surface area contributed by atoms with Crippen molar-refractivity contribution in [2.75, 3.05) is 11.9 Å². The minimum atomic E-state index is -0.414. The van der Waals surface area contributed by atoms with Crippen molar-refractivity contribution in [3.8, 4) is 11.8 Å². The van der Waals surface area contributed by atoms with E-state index in [1.54, 1.807) is 6.08 Å². The van der Waals surface area contributed by atoms with Gasteiger partial charge >= 0.3 is 0 Å². The van der Waals surface area contributed by atoms with Crippen molar-refractivity contribution in [3.63, 3.8) is 0 Å². The van der Waals surface area contributed by atoms with Crippen LogP contribution in [0.4, 0.5) is 5.69 Å². The van der Waals surface area contributed by atoms with Crippen LogP contribution in [0.5, 0.6) is 5.75 Å². The third-order valence-corrected chi connectivity index (χ3v) is 4.22. The quantitative estimate of drug-likeness (QED) is 0.364. The van der Waals surface area contributed by atoms with Gasteiger partial charge < -0.3 is 10.1 Å². The molecule has 0 atom stereocenters. The van der Waals surface area contributed by atoms with Crippen LogP contribution >= 0.6 is 0 Å². The smallest absolute Gasteiger partial charge is 0.266 e. The van der Waals surface area contributed by atoms with Gasteiger partial charge in [0.2, 0.25) is 0 Å². The van der Waals surface area contributed by atoms with E-state index in [1.165, 1.54) is 19.3 Å². The SMILES string of the molecule is CCCCCCOc1ccc(/C=C(\C#N)C(=O)Nc2ccccc2C)cc1. The Hall–Kier alpha value is -3.06. The molecule has 140 valence electrons. The topological polar surface area (TPSA) is 62.1 Å². The number of hydrogen-bond donors (Lipinski definition) is 1. The normalized spacial score (nSPS) is 10.9. The number of amides is 1. The molecule has 1 N–H and O–H groups in total. The summed E-state index contributed by atoms with van der Waals surface area (Å²) in [5, 5.41) is 12.1. The number of hydrogen-bond acceptors (Lipinski definition) is 3. The molecule has 27 heavy (non-hydrogen) atoms. The van der Waals surface area contributed by atoms with Crippen molar-refractivity contribution >= 4 is 17.7 Å². The van der Waals surface area contributed by atoms with E-state index >= 15 is 0 Å². The summed E-state index contributed by atoms with van der Waals surface area (Å²) in [6.45, 7) is 4.80. The molecule has 0 bridgehead atoms. The molecule has 0 saturated heterocycles.